The summed E-state index contributed by atoms with van der Waals surface area (Å²) in [5, 5.41) is 0. The predicted molar refractivity (Wildman–Crippen MR) is 75.6 cm³/mol. The molecule has 16 heavy (non-hydrogen) atoms. The van der Waals surface area contributed by atoms with E-state index in [2.05, 4.69) is 20.1 Å². The standard InChI is InChI=1S/C12H18.2C2H6/c1-8-9(2)11-6-4-5-7-12(11)10(8)3;2*1-2/h8,11-12H,2-7H2,1H3;2*1-2H3. The Kier molecular flexibility index (Phi) is 7.45. The second-order valence-electron chi connectivity index (χ2n) is 4.37. The summed E-state index contributed by atoms with van der Waals surface area (Å²) in [5.41, 5.74) is 2.93. The van der Waals surface area contributed by atoms with Crippen LogP contribution in [0.5, 0.6) is 0 Å². The van der Waals surface area contributed by atoms with Gasteiger partial charge in [-0.3, -0.25) is 0 Å². The van der Waals surface area contributed by atoms with Crippen LogP contribution in [0.2, 0.25) is 0 Å². The van der Waals surface area contributed by atoms with E-state index >= 15 is 0 Å². The lowest BCUT2D eigenvalue weighted by atomic mass is 9.79. The summed E-state index contributed by atoms with van der Waals surface area (Å²) in [6.45, 7) is 18.7. The lowest BCUT2D eigenvalue weighted by Crippen LogP contribution is -2.14. The van der Waals surface area contributed by atoms with Crippen LogP contribution in [0.15, 0.2) is 24.3 Å². The first-order chi connectivity index (χ1) is 7.72. The van der Waals surface area contributed by atoms with Gasteiger partial charge in [0.15, 0.2) is 0 Å². The van der Waals surface area contributed by atoms with Gasteiger partial charge in [-0.05, 0) is 30.6 Å². The Labute approximate surface area is 103 Å². The molecule has 2 unspecified atom stereocenters. The van der Waals surface area contributed by atoms with E-state index in [9.17, 15) is 0 Å². The highest BCUT2D eigenvalue weighted by molar-refractivity contribution is 5.30. The molecule has 0 nitrogen and oxygen atoms in total. The Hall–Kier alpha value is -0.520. The van der Waals surface area contributed by atoms with Crippen LogP contribution in [0.1, 0.15) is 60.3 Å². The molecule has 0 radical (unpaired) electrons. The Morgan fingerprint density at radius 1 is 0.812 bits per heavy atom. The maximum atomic E-state index is 4.21. The average Bonchev–Trinajstić information content (AvgIpc) is 2.60. The van der Waals surface area contributed by atoms with Crippen molar-refractivity contribution in [3.8, 4) is 0 Å². The van der Waals surface area contributed by atoms with Crippen LogP contribution in [0.25, 0.3) is 0 Å². The largest absolute Gasteiger partial charge is 0.0990 e. The van der Waals surface area contributed by atoms with Crippen molar-refractivity contribution in [3.63, 3.8) is 0 Å². The monoisotopic (exact) mass is 222 g/mol. The zero-order valence-electron chi connectivity index (χ0n) is 12.0. The van der Waals surface area contributed by atoms with Crippen LogP contribution >= 0.6 is 0 Å². The highest BCUT2D eigenvalue weighted by Gasteiger charge is 2.39. The van der Waals surface area contributed by atoms with E-state index in [4.69, 9.17) is 0 Å². The Balaban J connectivity index is 0.000000509. The van der Waals surface area contributed by atoms with Gasteiger partial charge in [-0.1, -0.05) is 71.8 Å². The van der Waals surface area contributed by atoms with Crippen LogP contribution < -0.4 is 0 Å². The van der Waals surface area contributed by atoms with Gasteiger partial charge in [0.1, 0.15) is 0 Å². The highest BCUT2D eigenvalue weighted by atomic mass is 14.4. The maximum absolute atomic E-state index is 4.21. The highest BCUT2D eigenvalue weighted by Crippen LogP contribution is 2.50. The van der Waals surface area contributed by atoms with E-state index in [-0.39, 0.29) is 0 Å². The molecule has 2 fully saturated rings. The first-order valence-corrected chi connectivity index (χ1v) is 7.09. The Morgan fingerprint density at radius 3 is 1.44 bits per heavy atom. The van der Waals surface area contributed by atoms with Crippen molar-refractivity contribution in [1.82, 2.24) is 0 Å². The molecular weight excluding hydrogens is 192 g/mol. The third-order valence-electron chi connectivity index (χ3n) is 3.83. The molecule has 0 aromatic rings. The Morgan fingerprint density at radius 2 is 1.12 bits per heavy atom. The maximum Gasteiger partial charge on any atom is -0.00208 e. The number of allylic oxidation sites excluding steroid dienone is 2. The van der Waals surface area contributed by atoms with Gasteiger partial charge in [-0.15, -0.1) is 0 Å². The Bertz CT molecular complexity index is 200. The molecule has 0 aromatic carbocycles. The van der Waals surface area contributed by atoms with Gasteiger partial charge < -0.3 is 0 Å². The van der Waals surface area contributed by atoms with Crippen molar-refractivity contribution in [2.24, 2.45) is 17.8 Å². The minimum absolute atomic E-state index is 0.595. The molecular formula is C16H30. The van der Waals surface area contributed by atoms with Gasteiger partial charge in [0.25, 0.3) is 0 Å². The predicted octanol–water partition coefficient (Wildman–Crippen LogP) is 5.61. The molecule has 0 N–H and O–H groups in total. The molecule has 2 rings (SSSR count). The van der Waals surface area contributed by atoms with Crippen molar-refractivity contribution in [3.05, 3.63) is 24.3 Å². The molecule has 0 saturated heterocycles. The van der Waals surface area contributed by atoms with Crippen molar-refractivity contribution < 1.29 is 0 Å². The average molecular weight is 222 g/mol. The zero-order chi connectivity index (χ0) is 12.7. The zero-order valence-corrected chi connectivity index (χ0v) is 12.0. The molecule has 2 aliphatic carbocycles. The molecule has 2 aliphatic rings. The molecule has 0 amide bonds. The lowest BCUT2D eigenvalue weighted by molar-refractivity contribution is 0.338. The second-order valence-corrected chi connectivity index (χ2v) is 4.37. The van der Waals surface area contributed by atoms with Gasteiger partial charge in [0, 0.05) is 0 Å². The first kappa shape index (κ1) is 15.5. The van der Waals surface area contributed by atoms with E-state index < -0.39 is 0 Å². The van der Waals surface area contributed by atoms with E-state index in [1.54, 1.807) is 0 Å². The topological polar surface area (TPSA) is 0 Å². The number of hydrogen-bond donors (Lipinski definition) is 0. The summed E-state index contributed by atoms with van der Waals surface area (Å²) in [6.07, 6.45) is 5.54. The molecule has 2 atom stereocenters. The fourth-order valence-corrected chi connectivity index (χ4v) is 2.90. The van der Waals surface area contributed by atoms with E-state index in [1.165, 1.54) is 36.8 Å². The number of rotatable bonds is 0. The first-order valence-electron chi connectivity index (χ1n) is 7.09. The molecule has 94 valence electrons. The van der Waals surface area contributed by atoms with Crippen molar-refractivity contribution in [2.45, 2.75) is 60.3 Å². The second kappa shape index (κ2) is 7.70. The minimum Gasteiger partial charge on any atom is -0.0990 e. The van der Waals surface area contributed by atoms with Gasteiger partial charge >= 0.3 is 0 Å². The smallest absolute Gasteiger partial charge is 0.00208 e. The molecule has 0 heteroatoms. The molecule has 0 aromatic heterocycles. The minimum atomic E-state index is 0.595. The SMILES string of the molecule is C=C1C(C)C(=C)C2CCCCC12.CC.CC. The van der Waals surface area contributed by atoms with Gasteiger partial charge in [0.2, 0.25) is 0 Å². The van der Waals surface area contributed by atoms with Crippen LogP contribution in [-0.4, -0.2) is 0 Å². The van der Waals surface area contributed by atoms with Crippen LogP contribution in [0.4, 0.5) is 0 Å². The van der Waals surface area contributed by atoms with E-state index in [0.29, 0.717) is 5.92 Å². The van der Waals surface area contributed by atoms with Crippen molar-refractivity contribution in [2.75, 3.05) is 0 Å². The van der Waals surface area contributed by atoms with Crippen molar-refractivity contribution >= 4 is 0 Å². The fourth-order valence-electron chi connectivity index (χ4n) is 2.90. The quantitative estimate of drug-likeness (QED) is 0.467. The van der Waals surface area contributed by atoms with Crippen LogP contribution in [0, 0.1) is 17.8 Å². The lowest BCUT2D eigenvalue weighted by Gasteiger charge is -2.25. The summed E-state index contributed by atoms with van der Waals surface area (Å²) >= 11 is 0. The van der Waals surface area contributed by atoms with Crippen molar-refractivity contribution in [1.29, 1.82) is 0 Å². The molecule has 0 aliphatic heterocycles. The molecule has 2 saturated carbocycles. The third kappa shape index (κ3) is 2.99. The summed E-state index contributed by atoms with van der Waals surface area (Å²) in [6, 6.07) is 0. The van der Waals surface area contributed by atoms with E-state index in [1.807, 2.05) is 27.7 Å². The summed E-state index contributed by atoms with van der Waals surface area (Å²) in [7, 11) is 0. The van der Waals surface area contributed by atoms with Gasteiger partial charge in [-0.25, -0.2) is 0 Å². The summed E-state index contributed by atoms with van der Waals surface area (Å²) in [4.78, 5) is 0. The van der Waals surface area contributed by atoms with Gasteiger partial charge in [0.05, 0.1) is 0 Å². The number of fused-ring (bicyclic) bond motifs is 1. The molecule has 0 spiro atoms. The summed E-state index contributed by atoms with van der Waals surface area (Å²) < 4.78 is 0. The van der Waals surface area contributed by atoms with Gasteiger partial charge in [-0.2, -0.15) is 0 Å². The van der Waals surface area contributed by atoms with Crippen LogP contribution in [0.3, 0.4) is 0 Å². The number of hydrogen-bond acceptors (Lipinski definition) is 0. The summed E-state index contributed by atoms with van der Waals surface area (Å²) in [5.74, 6) is 2.18. The fraction of sp³-hybridized carbons (Fsp3) is 0.750. The molecule has 0 heterocycles. The van der Waals surface area contributed by atoms with Crippen LogP contribution in [-0.2, 0) is 0 Å². The normalized spacial score (nSPS) is 31.9. The molecule has 0 bridgehead atoms. The third-order valence-corrected chi connectivity index (χ3v) is 3.83. The van der Waals surface area contributed by atoms with E-state index in [0.717, 1.165) is 11.8 Å².